The van der Waals surface area contributed by atoms with Gasteiger partial charge in [-0.15, -0.1) is 0 Å². The zero-order valence-corrected chi connectivity index (χ0v) is 18.4. The van der Waals surface area contributed by atoms with E-state index in [4.69, 9.17) is 9.47 Å². The maximum Gasteiger partial charge on any atom is 0.420 e. The second kappa shape index (κ2) is 11.3. The van der Waals surface area contributed by atoms with Crippen molar-refractivity contribution in [2.24, 2.45) is 0 Å². The minimum atomic E-state index is -1.49. The van der Waals surface area contributed by atoms with Crippen LogP contribution in [0.15, 0.2) is 24.7 Å². The first-order chi connectivity index (χ1) is 13.6. The van der Waals surface area contributed by atoms with Crippen LogP contribution in [0.1, 0.15) is 55.8 Å². The second-order valence-electron chi connectivity index (χ2n) is 8.07. The lowest BCUT2D eigenvalue weighted by Gasteiger charge is -2.32. The molecule has 0 aromatic rings. The predicted octanol–water partition coefficient (Wildman–Crippen LogP) is 4.27. The van der Waals surface area contributed by atoms with Crippen molar-refractivity contribution in [3.05, 3.63) is 24.7 Å². The standard InChI is InChI=1S/C20H30FNO8.H2/c1-9-28-15(23)13(21)11-10-12-14(16(24)27-8)22(17(25)29-19(2,3)4)18(26)30-20(5,6)7;/h9,11,14H,1,10,12H2,2-8H3;1H/b13-11-;/t14-;/m0./s1. The Hall–Kier alpha value is -2.91. The molecule has 0 radical (unpaired) electrons. The predicted molar refractivity (Wildman–Crippen MR) is 107 cm³/mol. The highest BCUT2D eigenvalue weighted by Crippen LogP contribution is 2.20. The molecule has 0 aliphatic carbocycles. The molecule has 0 heterocycles. The highest BCUT2D eigenvalue weighted by atomic mass is 19.1. The van der Waals surface area contributed by atoms with Gasteiger partial charge in [-0.2, -0.15) is 9.29 Å². The number of nitrogens with zero attached hydrogens (tertiary/aromatic N) is 1. The van der Waals surface area contributed by atoms with Crippen LogP contribution in [0.3, 0.4) is 0 Å². The lowest BCUT2D eigenvalue weighted by Crippen LogP contribution is -2.52. The third-order valence-electron chi connectivity index (χ3n) is 3.11. The fourth-order valence-electron chi connectivity index (χ4n) is 2.02. The van der Waals surface area contributed by atoms with Crippen LogP contribution in [-0.4, -0.2) is 53.4 Å². The van der Waals surface area contributed by atoms with Crippen LogP contribution in [0, 0.1) is 0 Å². The molecule has 0 rings (SSSR count). The number of carbonyl (C=O) groups is 4. The van der Waals surface area contributed by atoms with Crippen molar-refractivity contribution in [1.29, 1.82) is 0 Å². The van der Waals surface area contributed by atoms with Gasteiger partial charge in [0.25, 0.3) is 0 Å². The monoisotopic (exact) mass is 433 g/mol. The number of hydrogen-bond acceptors (Lipinski definition) is 8. The van der Waals surface area contributed by atoms with Gasteiger partial charge in [-0.25, -0.2) is 19.2 Å². The molecule has 0 aromatic carbocycles. The van der Waals surface area contributed by atoms with Gasteiger partial charge in [0.05, 0.1) is 13.4 Å². The molecule has 0 N–H and O–H groups in total. The number of rotatable bonds is 7. The highest BCUT2D eigenvalue weighted by molar-refractivity contribution is 5.94. The molecule has 172 valence electrons. The number of ether oxygens (including phenoxy) is 4. The molecule has 30 heavy (non-hydrogen) atoms. The van der Waals surface area contributed by atoms with E-state index < -0.39 is 47.2 Å². The minimum absolute atomic E-state index is 0. The molecule has 0 bridgehead atoms. The summed E-state index contributed by atoms with van der Waals surface area (Å²) in [6, 6.07) is -1.49. The molecule has 0 saturated carbocycles. The number of esters is 2. The third-order valence-corrected chi connectivity index (χ3v) is 3.11. The summed E-state index contributed by atoms with van der Waals surface area (Å²) in [7, 11) is 1.07. The average molecular weight is 433 g/mol. The van der Waals surface area contributed by atoms with Crippen molar-refractivity contribution in [3.8, 4) is 0 Å². The van der Waals surface area contributed by atoms with Crippen LogP contribution in [0.25, 0.3) is 0 Å². The summed E-state index contributed by atoms with van der Waals surface area (Å²) in [5.41, 5.74) is -1.95. The molecular weight excluding hydrogens is 401 g/mol. The molecule has 2 amide bonds. The van der Waals surface area contributed by atoms with Crippen LogP contribution in [0.5, 0.6) is 0 Å². The zero-order chi connectivity index (χ0) is 23.7. The van der Waals surface area contributed by atoms with Crippen molar-refractivity contribution in [1.82, 2.24) is 4.90 Å². The summed E-state index contributed by atoms with van der Waals surface area (Å²) in [5.74, 6) is -3.44. The number of methoxy groups -OCH3 is 1. The van der Waals surface area contributed by atoms with E-state index in [2.05, 4.69) is 16.1 Å². The van der Waals surface area contributed by atoms with Crippen LogP contribution in [-0.2, 0) is 28.5 Å². The Kier molecular flexibility index (Phi) is 10.2. The van der Waals surface area contributed by atoms with E-state index in [-0.39, 0.29) is 14.3 Å². The van der Waals surface area contributed by atoms with Crippen molar-refractivity contribution in [2.75, 3.05) is 7.11 Å². The van der Waals surface area contributed by atoms with Gasteiger partial charge in [0.2, 0.25) is 5.83 Å². The highest BCUT2D eigenvalue weighted by Gasteiger charge is 2.40. The Morgan fingerprint density at radius 2 is 1.50 bits per heavy atom. The first-order valence-electron chi connectivity index (χ1n) is 9.13. The number of amides is 2. The summed E-state index contributed by atoms with van der Waals surface area (Å²) in [6.45, 7) is 12.6. The van der Waals surface area contributed by atoms with Gasteiger partial charge in [-0.3, -0.25) is 0 Å². The fourth-order valence-corrected chi connectivity index (χ4v) is 2.02. The smallest absolute Gasteiger partial charge is 0.420 e. The average Bonchev–Trinajstić information content (AvgIpc) is 2.56. The Morgan fingerprint density at radius 3 is 1.87 bits per heavy atom. The lowest BCUT2D eigenvalue weighted by atomic mass is 10.1. The maximum atomic E-state index is 13.7. The van der Waals surface area contributed by atoms with Crippen molar-refractivity contribution in [3.63, 3.8) is 0 Å². The first-order valence-corrected chi connectivity index (χ1v) is 9.13. The Balaban J connectivity index is 0. The van der Waals surface area contributed by atoms with E-state index in [1.807, 2.05) is 0 Å². The molecule has 0 aliphatic heterocycles. The largest absolute Gasteiger partial charge is 0.467 e. The van der Waals surface area contributed by atoms with Gasteiger partial charge in [0.1, 0.15) is 17.2 Å². The van der Waals surface area contributed by atoms with Crippen molar-refractivity contribution < 1.29 is 43.9 Å². The van der Waals surface area contributed by atoms with E-state index in [0.717, 1.165) is 19.4 Å². The Labute approximate surface area is 177 Å². The maximum absolute atomic E-state index is 13.7. The fraction of sp³-hybridized carbons (Fsp3) is 0.600. The normalized spacial score (nSPS) is 13.0. The lowest BCUT2D eigenvalue weighted by molar-refractivity contribution is -0.146. The number of carbonyl (C=O) groups excluding carboxylic acids is 4. The summed E-state index contributed by atoms with van der Waals surface area (Å²) in [5, 5.41) is 0. The zero-order valence-electron chi connectivity index (χ0n) is 18.4. The molecule has 0 aliphatic rings. The minimum Gasteiger partial charge on any atom is -0.467 e. The van der Waals surface area contributed by atoms with E-state index in [1.54, 1.807) is 41.5 Å². The Bertz CT molecular complexity index is 666. The van der Waals surface area contributed by atoms with E-state index in [0.29, 0.717) is 4.90 Å². The van der Waals surface area contributed by atoms with Gasteiger partial charge in [0.15, 0.2) is 0 Å². The molecule has 0 fully saturated rings. The topological polar surface area (TPSA) is 108 Å². The summed E-state index contributed by atoms with van der Waals surface area (Å²) < 4.78 is 33.1. The summed E-state index contributed by atoms with van der Waals surface area (Å²) in [6.07, 6.45) is -1.13. The molecule has 0 aromatic heterocycles. The SMILES string of the molecule is C=COC(=O)/C(F)=C/CC[C@@H](C(=O)OC)N(C(=O)OC(C)(C)C)C(=O)OC(C)(C)C.[HH]. The van der Waals surface area contributed by atoms with Crippen LogP contribution < -0.4 is 0 Å². The summed E-state index contributed by atoms with van der Waals surface area (Å²) >= 11 is 0. The molecule has 0 spiro atoms. The van der Waals surface area contributed by atoms with E-state index in [1.165, 1.54) is 0 Å². The van der Waals surface area contributed by atoms with Crippen LogP contribution in [0.2, 0.25) is 0 Å². The van der Waals surface area contributed by atoms with Crippen LogP contribution in [0.4, 0.5) is 14.0 Å². The van der Waals surface area contributed by atoms with Crippen molar-refractivity contribution >= 4 is 24.1 Å². The molecular formula is C20H32FNO8. The van der Waals surface area contributed by atoms with Gasteiger partial charge < -0.3 is 18.9 Å². The number of allylic oxidation sites excluding steroid dienone is 1. The Morgan fingerprint density at radius 1 is 1.03 bits per heavy atom. The van der Waals surface area contributed by atoms with Crippen LogP contribution >= 0.6 is 0 Å². The number of hydrogen-bond donors (Lipinski definition) is 0. The van der Waals surface area contributed by atoms with Gasteiger partial charge in [-0.1, -0.05) is 6.58 Å². The van der Waals surface area contributed by atoms with Gasteiger partial charge in [-0.05, 0) is 60.5 Å². The number of imide groups is 1. The van der Waals surface area contributed by atoms with E-state index in [9.17, 15) is 23.6 Å². The van der Waals surface area contributed by atoms with Crippen molar-refractivity contribution in [2.45, 2.75) is 71.6 Å². The first kappa shape index (κ1) is 27.1. The molecule has 10 heteroatoms. The molecule has 1 atom stereocenters. The second-order valence-corrected chi connectivity index (χ2v) is 8.07. The van der Waals surface area contributed by atoms with Gasteiger partial charge >= 0.3 is 24.1 Å². The quantitative estimate of drug-likeness (QED) is 0.253. The summed E-state index contributed by atoms with van der Waals surface area (Å²) in [4.78, 5) is 49.4. The molecule has 0 saturated heterocycles. The molecule has 9 nitrogen and oxygen atoms in total. The number of halogens is 1. The third kappa shape index (κ3) is 10.0. The van der Waals surface area contributed by atoms with E-state index >= 15 is 0 Å². The molecule has 0 unspecified atom stereocenters. The van der Waals surface area contributed by atoms with Gasteiger partial charge in [0, 0.05) is 1.43 Å².